The number of aryl methyl sites for hydroxylation is 1. The maximum atomic E-state index is 13.4. The van der Waals surface area contributed by atoms with Gasteiger partial charge in [-0.25, -0.2) is 13.4 Å². The molecule has 2 aliphatic heterocycles. The van der Waals surface area contributed by atoms with E-state index in [0.29, 0.717) is 55.6 Å². The van der Waals surface area contributed by atoms with Crippen molar-refractivity contribution in [1.82, 2.24) is 14.2 Å². The molecule has 11 heteroatoms. The summed E-state index contributed by atoms with van der Waals surface area (Å²) in [5.41, 5.74) is 2.00. The number of aromatic nitrogens is 1. The Morgan fingerprint density at radius 3 is 2.41 bits per heavy atom. The van der Waals surface area contributed by atoms with Crippen LogP contribution in [0.3, 0.4) is 0 Å². The molecule has 1 aromatic heterocycles. The van der Waals surface area contributed by atoms with Crippen LogP contribution in [0.4, 0.5) is 5.13 Å². The lowest BCUT2D eigenvalue weighted by Crippen LogP contribution is -2.54. The van der Waals surface area contributed by atoms with Crippen molar-refractivity contribution in [3.63, 3.8) is 0 Å². The number of benzene rings is 2. The van der Waals surface area contributed by atoms with Crippen molar-refractivity contribution in [2.45, 2.75) is 30.7 Å². The van der Waals surface area contributed by atoms with Crippen LogP contribution >= 0.6 is 34.5 Å². The molecule has 0 radical (unpaired) electrons. The van der Waals surface area contributed by atoms with Gasteiger partial charge in [0.15, 0.2) is 5.13 Å². The van der Waals surface area contributed by atoms with Gasteiger partial charge in [-0.05, 0) is 55.7 Å². The molecule has 2 aromatic carbocycles. The van der Waals surface area contributed by atoms with Crippen LogP contribution in [-0.2, 0) is 14.8 Å². The minimum Gasteiger partial charge on any atom is -0.345 e. The van der Waals surface area contributed by atoms with E-state index in [0.717, 1.165) is 20.9 Å². The van der Waals surface area contributed by atoms with Gasteiger partial charge in [-0.3, -0.25) is 4.79 Å². The minimum atomic E-state index is -3.77. The molecule has 0 spiro atoms. The molecule has 2 aliphatic rings. The first-order valence-corrected chi connectivity index (χ1v) is 14.1. The molecular weight excluding hydrogens is 515 g/mol. The number of hydrogen-bond acceptors (Lipinski definition) is 6. The van der Waals surface area contributed by atoms with Crippen LogP contribution < -0.4 is 4.90 Å². The number of thiazole rings is 1. The van der Waals surface area contributed by atoms with Crippen LogP contribution in [0.25, 0.3) is 10.2 Å². The lowest BCUT2D eigenvalue weighted by molar-refractivity contribution is -0.134. The zero-order chi connectivity index (χ0) is 24.0. The average molecular weight is 540 g/mol. The third-order valence-electron chi connectivity index (χ3n) is 6.46. The van der Waals surface area contributed by atoms with Gasteiger partial charge in [-0.15, -0.1) is 0 Å². The summed E-state index contributed by atoms with van der Waals surface area (Å²) in [6, 6.07) is 9.27. The number of amides is 1. The first kappa shape index (κ1) is 23.8. The largest absolute Gasteiger partial charge is 0.345 e. The highest BCUT2D eigenvalue weighted by molar-refractivity contribution is 7.89. The second-order valence-electron chi connectivity index (χ2n) is 8.58. The Morgan fingerprint density at radius 2 is 1.74 bits per heavy atom. The van der Waals surface area contributed by atoms with Gasteiger partial charge in [0.25, 0.3) is 0 Å². The highest BCUT2D eigenvalue weighted by Gasteiger charge is 2.41. The van der Waals surface area contributed by atoms with E-state index in [1.54, 1.807) is 28.4 Å². The number of piperazine rings is 1. The van der Waals surface area contributed by atoms with E-state index in [4.69, 9.17) is 28.2 Å². The van der Waals surface area contributed by atoms with Gasteiger partial charge in [0.05, 0.1) is 20.1 Å². The Balaban J connectivity index is 1.28. The molecule has 7 nitrogen and oxygen atoms in total. The topological polar surface area (TPSA) is 73.8 Å². The Morgan fingerprint density at radius 1 is 1.03 bits per heavy atom. The fourth-order valence-corrected chi connectivity index (χ4v) is 7.72. The van der Waals surface area contributed by atoms with E-state index in [2.05, 4.69) is 4.90 Å². The lowest BCUT2D eigenvalue weighted by Gasteiger charge is -2.37. The van der Waals surface area contributed by atoms with E-state index in [1.807, 2.05) is 19.1 Å². The first-order valence-electron chi connectivity index (χ1n) is 11.1. The molecule has 34 heavy (non-hydrogen) atoms. The van der Waals surface area contributed by atoms with E-state index < -0.39 is 16.1 Å². The predicted molar refractivity (Wildman–Crippen MR) is 137 cm³/mol. The fraction of sp³-hybridized carbons (Fsp3) is 0.391. The summed E-state index contributed by atoms with van der Waals surface area (Å²) in [5, 5.41) is 2.06. The number of carbonyl (C=O) groups excluding carboxylic acids is 1. The minimum absolute atomic E-state index is 0.127. The van der Waals surface area contributed by atoms with Crippen molar-refractivity contribution >= 4 is 65.8 Å². The monoisotopic (exact) mass is 538 g/mol. The van der Waals surface area contributed by atoms with E-state index in [-0.39, 0.29) is 10.8 Å². The molecule has 0 N–H and O–H groups in total. The number of halogens is 2. The molecule has 3 aromatic rings. The maximum Gasteiger partial charge on any atom is 0.243 e. The smallest absolute Gasteiger partial charge is 0.243 e. The van der Waals surface area contributed by atoms with Gasteiger partial charge >= 0.3 is 0 Å². The standard InChI is InChI=1S/C23H24Cl2N4O3S2/c1-15-4-9-18(25)21-20(15)26-23(33-21)28-13-11-27(12-14-28)22(30)19-3-2-10-29(19)34(31,32)17-7-5-16(24)6-8-17/h4-9,19H,2-3,10-14H2,1H3. The van der Waals surface area contributed by atoms with Crippen molar-refractivity contribution in [1.29, 1.82) is 0 Å². The van der Waals surface area contributed by atoms with Gasteiger partial charge in [-0.2, -0.15) is 4.31 Å². The summed E-state index contributed by atoms with van der Waals surface area (Å²) in [6.07, 6.45) is 1.19. The molecule has 3 heterocycles. The van der Waals surface area contributed by atoms with Gasteiger partial charge in [-0.1, -0.05) is 40.6 Å². The quantitative estimate of drug-likeness (QED) is 0.491. The van der Waals surface area contributed by atoms with Crippen molar-refractivity contribution in [3.8, 4) is 0 Å². The molecule has 5 rings (SSSR count). The third kappa shape index (κ3) is 4.28. The Hall–Kier alpha value is -1.91. The molecule has 0 aliphatic carbocycles. The molecule has 2 saturated heterocycles. The summed E-state index contributed by atoms with van der Waals surface area (Å²) in [7, 11) is -3.77. The highest BCUT2D eigenvalue weighted by atomic mass is 35.5. The van der Waals surface area contributed by atoms with Crippen molar-refractivity contribution in [2.24, 2.45) is 0 Å². The van der Waals surface area contributed by atoms with Crippen molar-refractivity contribution in [3.05, 3.63) is 52.0 Å². The van der Waals surface area contributed by atoms with Crippen LogP contribution in [-0.4, -0.2) is 67.3 Å². The summed E-state index contributed by atoms with van der Waals surface area (Å²) in [5.74, 6) is -0.127. The van der Waals surface area contributed by atoms with Gasteiger partial charge in [0, 0.05) is 37.7 Å². The Bertz CT molecular complexity index is 1300. The van der Waals surface area contributed by atoms with Crippen LogP contribution in [0.1, 0.15) is 18.4 Å². The van der Waals surface area contributed by atoms with E-state index >= 15 is 0 Å². The van der Waals surface area contributed by atoms with Crippen molar-refractivity contribution in [2.75, 3.05) is 37.6 Å². The normalized spacial score (nSPS) is 19.8. The molecule has 1 amide bonds. The number of rotatable bonds is 4. The van der Waals surface area contributed by atoms with Gasteiger partial charge in [0.2, 0.25) is 15.9 Å². The summed E-state index contributed by atoms with van der Waals surface area (Å²) >= 11 is 13.8. The van der Waals surface area contributed by atoms with Crippen LogP contribution in [0.5, 0.6) is 0 Å². The number of hydrogen-bond donors (Lipinski definition) is 0. The number of fused-ring (bicyclic) bond motifs is 1. The van der Waals surface area contributed by atoms with Crippen molar-refractivity contribution < 1.29 is 13.2 Å². The maximum absolute atomic E-state index is 13.4. The van der Waals surface area contributed by atoms with Crippen LogP contribution in [0.15, 0.2) is 41.3 Å². The number of anilines is 1. The third-order valence-corrected chi connectivity index (χ3v) is 10.2. The predicted octanol–water partition coefficient (Wildman–Crippen LogP) is 4.41. The zero-order valence-corrected chi connectivity index (χ0v) is 21.7. The second kappa shape index (κ2) is 9.28. The molecule has 0 saturated carbocycles. The highest BCUT2D eigenvalue weighted by Crippen LogP contribution is 2.36. The summed E-state index contributed by atoms with van der Waals surface area (Å²) in [6.45, 7) is 4.68. The average Bonchev–Trinajstić information content (AvgIpc) is 3.50. The molecular formula is C23H24Cl2N4O3S2. The zero-order valence-electron chi connectivity index (χ0n) is 18.6. The van der Waals surface area contributed by atoms with E-state index in [1.165, 1.54) is 16.4 Å². The molecule has 180 valence electrons. The van der Waals surface area contributed by atoms with Gasteiger partial charge in [0.1, 0.15) is 6.04 Å². The summed E-state index contributed by atoms with van der Waals surface area (Å²) in [4.78, 5) is 22.3. The second-order valence-corrected chi connectivity index (χ2v) is 12.3. The molecule has 0 bridgehead atoms. The lowest BCUT2D eigenvalue weighted by atomic mass is 10.2. The SMILES string of the molecule is Cc1ccc(Cl)c2sc(N3CCN(C(=O)C4CCCN4S(=O)(=O)c4ccc(Cl)cc4)CC3)nc12. The summed E-state index contributed by atoms with van der Waals surface area (Å²) < 4.78 is 28.7. The van der Waals surface area contributed by atoms with Crippen LogP contribution in [0, 0.1) is 6.92 Å². The molecule has 1 atom stereocenters. The first-order chi connectivity index (χ1) is 16.3. The number of carbonyl (C=O) groups is 1. The van der Waals surface area contributed by atoms with Gasteiger partial charge < -0.3 is 9.80 Å². The number of sulfonamides is 1. The van der Waals surface area contributed by atoms with E-state index in [9.17, 15) is 13.2 Å². The number of nitrogens with zero attached hydrogens (tertiary/aromatic N) is 4. The van der Waals surface area contributed by atoms with Crippen LogP contribution in [0.2, 0.25) is 10.0 Å². The Kier molecular flexibility index (Phi) is 6.50. The fourth-order valence-electron chi connectivity index (χ4n) is 4.57. The molecule has 2 fully saturated rings. The molecule has 1 unspecified atom stereocenters. The Labute approximate surface area is 212 Å².